The summed E-state index contributed by atoms with van der Waals surface area (Å²) in [5, 5.41) is 10.9. The zero-order valence-electron chi connectivity index (χ0n) is 17.2. The van der Waals surface area contributed by atoms with Gasteiger partial charge in [0.15, 0.2) is 0 Å². The van der Waals surface area contributed by atoms with Gasteiger partial charge in [-0.15, -0.1) is 0 Å². The molecule has 6 heteroatoms. The van der Waals surface area contributed by atoms with E-state index in [-0.39, 0.29) is 11.3 Å². The average Bonchev–Trinajstić information content (AvgIpc) is 3.01. The molecule has 1 N–H and O–H groups in total. The number of hydrogen-bond donors (Lipinski definition) is 1. The summed E-state index contributed by atoms with van der Waals surface area (Å²) in [7, 11) is 3.81. The maximum Gasteiger partial charge on any atom is 0.295 e. The van der Waals surface area contributed by atoms with Crippen LogP contribution in [0, 0.1) is 0 Å². The molecule has 156 valence electrons. The van der Waals surface area contributed by atoms with E-state index in [1.165, 1.54) is 4.90 Å². The maximum absolute atomic E-state index is 12.9. The first-order chi connectivity index (χ1) is 14.4. The Morgan fingerprint density at radius 2 is 1.80 bits per heavy atom. The summed E-state index contributed by atoms with van der Waals surface area (Å²) < 4.78 is 5.53. The van der Waals surface area contributed by atoms with Gasteiger partial charge < -0.3 is 19.6 Å². The Morgan fingerprint density at radius 3 is 2.40 bits per heavy atom. The molecule has 1 fully saturated rings. The quantitative estimate of drug-likeness (QED) is 0.315. The molecule has 6 nitrogen and oxygen atoms in total. The number of carbonyl (C=O) groups is 2. The van der Waals surface area contributed by atoms with Crippen molar-refractivity contribution in [3.8, 4) is 5.75 Å². The molecule has 0 radical (unpaired) electrons. The molecule has 3 rings (SSSR count). The van der Waals surface area contributed by atoms with Crippen LogP contribution in [0.2, 0.25) is 0 Å². The third kappa shape index (κ3) is 4.44. The summed E-state index contributed by atoms with van der Waals surface area (Å²) in [5.74, 6) is -0.788. The summed E-state index contributed by atoms with van der Waals surface area (Å²) in [5.41, 5.74) is 1.33. The lowest BCUT2D eigenvalue weighted by molar-refractivity contribution is -0.140. The highest BCUT2D eigenvalue weighted by Crippen LogP contribution is 2.39. The molecule has 0 aromatic heterocycles. The Morgan fingerprint density at radius 1 is 1.13 bits per heavy atom. The molecule has 1 aliphatic heterocycles. The highest BCUT2D eigenvalue weighted by molar-refractivity contribution is 6.46. The molecule has 1 saturated heterocycles. The average molecular weight is 406 g/mol. The van der Waals surface area contributed by atoms with E-state index in [1.807, 2.05) is 37.2 Å². The molecule has 0 aliphatic carbocycles. The molecule has 0 unspecified atom stereocenters. The molecule has 30 heavy (non-hydrogen) atoms. The van der Waals surface area contributed by atoms with Gasteiger partial charge in [0.25, 0.3) is 11.7 Å². The van der Waals surface area contributed by atoms with Crippen molar-refractivity contribution in [2.75, 3.05) is 33.8 Å². The zero-order chi connectivity index (χ0) is 21.7. The maximum atomic E-state index is 12.9. The van der Waals surface area contributed by atoms with E-state index in [9.17, 15) is 14.7 Å². The fraction of sp³-hybridized carbons (Fsp3) is 0.250. The number of nitrogens with zero attached hydrogens (tertiary/aromatic N) is 2. The number of Topliss-reactive ketones (excluding diaryl/α,β-unsaturated/α-hetero) is 1. The van der Waals surface area contributed by atoms with Crippen LogP contribution in [0.15, 0.2) is 72.8 Å². The first-order valence-corrected chi connectivity index (χ1v) is 9.76. The third-order valence-electron chi connectivity index (χ3n) is 4.94. The summed E-state index contributed by atoms with van der Waals surface area (Å²) in [4.78, 5) is 29.2. The van der Waals surface area contributed by atoms with E-state index in [0.717, 1.165) is 5.56 Å². The molecule has 1 heterocycles. The normalized spacial score (nSPS) is 18.1. The van der Waals surface area contributed by atoms with Gasteiger partial charge in [-0.1, -0.05) is 55.1 Å². The van der Waals surface area contributed by atoms with Crippen LogP contribution in [0.3, 0.4) is 0 Å². The van der Waals surface area contributed by atoms with Crippen molar-refractivity contribution in [2.45, 2.75) is 6.04 Å². The number of hydrogen-bond acceptors (Lipinski definition) is 5. The second kappa shape index (κ2) is 9.41. The van der Waals surface area contributed by atoms with Crippen LogP contribution in [0.25, 0.3) is 5.76 Å². The second-order valence-electron chi connectivity index (χ2n) is 7.33. The van der Waals surface area contributed by atoms with Crippen LogP contribution < -0.4 is 4.74 Å². The summed E-state index contributed by atoms with van der Waals surface area (Å²) in [6.07, 6.45) is 1.66. The number of aliphatic hydroxyl groups excluding tert-OH is 1. The molecule has 1 aliphatic rings. The number of likely N-dealkylation sites (tertiary alicyclic amines) is 1. The molecule has 1 amide bonds. The Balaban J connectivity index is 2.06. The number of likely N-dealkylation sites (N-methyl/N-ethyl adjacent to an activating group) is 1. The van der Waals surface area contributed by atoms with Crippen molar-refractivity contribution < 1.29 is 19.4 Å². The van der Waals surface area contributed by atoms with Crippen LogP contribution in [0.4, 0.5) is 0 Å². The van der Waals surface area contributed by atoms with Crippen molar-refractivity contribution >= 4 is 17.4 Å². The molecule has 0 saturated carbocycles. The fourth-order valence-electron chi connectivity index (χ4n) is 3.42. The molecule has 1 atom stereocenters. The highest BCUT2D eigenvalue weighted by Gasteiger charge is 2.45. The molecule has 0 bridgehead atoms. The fourth-order valence-corrected chi connectivity index (χ4v) is 3.42. The summed E-state index contributed by atoms with van der Waals surface area (Å²) in [6.45, 7) is 4.97. The minimum Gasteiger partial charge on any atom is -0.507 e. The van der Waals surface area contributed by atoms with Gasteiger partial charge in [-0.25, -0.2) is 0 Å². The number of carbonyl (C=O) groups excluding carboxylic acids is 2. The van der Waals surface area contributed by atoms with Crippen LogP contribution in [0.5, 0.6) is 5.75 Å². The minimum absolute atomic E-state index is 0.102. The van der Waals surface area contributed by atoms with Crippen molar-refractivity contribution in [3.63, 3.8) is 0 Å². The SMILES string of the molecule is C=CCOc1ccc([C@H]2/C(=C(\O)c3ccccc3)C(=O)C(=O)N2CCN(C)C)cc1. The lowest BCUT2D eigenvalue weighted by Crippen LogP contribution is -2.35. The third-order valence-corrected chi connectivity index (χ3v) is 4.94. The van der Waals surface area contributed by atoms with E-state index >= 15 is 0 Å². The Hall–Kier alpha value is -3.38. The Labute approximate surface area is 176 Å². The largest absolute Gasteiger partial charge is 0.507 e. The zero-order valence-corrected chi connectivity index (χ0v) is 17.2. The number of amides is 1. The van der Waals surface area contributed by atoms with E-state index in [1.54, 1.807) is 42.5 Å². The topological polar surface area (TPSA) is 70.1 Å². The first-order valence-electron chi connectivity index (χ1n) is 9.76. The highest BCUT2D eigenvalue weighted by atomic mass is 16.5. The van der Waals surface area contributed by atoms with Gasteiger partial charge in [-0.3, -0.25) is 9.59 Å². The Kier molecular flexibility index (Phi) is 6.69. The van der Waals surface area contributed by atoms with Crippen molar-refractivity contribution in [3.05, 3.63) is 84.0 Å². The van der Waals surface area contributed by atoms with Crippen LogP contribution in [-0.2, 0) is 9.59 Å². The molecule has 2 aromatic carbocycles. The molecular formula is C24H26N2O4. The molecule has 0 spiro atoms. The smallest absolute Gasteiger partial charge is 0.295 e. The number of aliphatic hydroxyl groups is 1. The molecule has 2 aromatic rings. The van der Waals surface area contributed by atoms with Gasteiger partial charge in [0.2, 0.25) is 0 Å². The summed E-state index contributed by atoms with van der Waals surface area (Å²) >= 11 is 0. The van der Waals surface area contributed by atoms with Gasteiger partial charge in [0.05, 0.1) is 11.6 Å². The van der Waals surface area contributed by atoms with Crippen molar-refractivity contribution in [1.29, 1.82) is 0 Å². The number of rotatable bonds is 8. The second-order valence-corrected chi connectivity index (χ2v) is 7.33. The summed E-state index contributed by atoms with van der Waals surface area (Å²) in [6, 6.07) is 15.3. The van der Waals surface area contributed by atoms with Gasteiger partial charge in [-0.05, 0) is 31.8 Å². The van der Waals surface area contributed by atoms with Gasteiger partial charge in [0, 0.05) is 18.7 Å². The van der Waals surface area contributed by atoms with Crippen molar-refractivity contribution in [2.24, 2.45) is 0 Å². The first kappa shape index (κ1) is 21.3. The van der Waals surface area contributed by atoms with Gasteiger partial charge in [0.1, 0.15) is 18.1 Å². The van der Waals surface area contributed by atoms with Crippen molar-refractivity contribution in [1.82, 2.24) is 9.80 Å². The number of ketones is 1. The van der Waals surface area contributed by atoms with E-state index in [4.69, 9.17) is 4.74 Å². The monoisotopic (exact) mass is 406 g/mol. The van der Waals surface area contributed by atoms with Gasteiger partial charge in [-0.2, -0.15) is 0 Å². The lowest BCUT2D eigenvalue weighted by Gasteiger charge is -2.26. The van der Waals surface area contributed by atoms with E-state index < -0.39 is 17.7 Å². The van der Waals surface area contributed by atoms with E-state index in [0.29, 0.717) is 31.0 Å². The number of benzene rings is 2. The Bertz CT molecular complexity index is 949. The van der Waals surface area contributed by atoms with Crippen LogP contribution in [0.1, 0.15) is 17.2 Å². The van der Waals surface area contributed by atoms with E-state index in [2.05, 4.69) is 6.58 Å². The predicted octanol–water partition coefficient (Wildman–Crippen LogP) is 3.23. The van der Waals surface area contributed by atoms with Crippen LogP contribution >= 0.6 is 0 Å². The standard InChI is InChI=1S/C24H26N2O4/c1-4-16-30-19-12-10-17(11-13-19)21-20(22(27)18-8-6-5-7-9-18)23(28)24(29)26(21)15-14-25(2)3/h4-13,21,27H,1,14-16H2,2-3H3/b22-20+/t21-/m0/s1. The lowest BCUT2D eigenvalue weighted by atomic mass is 9.95. The van der Waals surface area contributed by atoms with Crippen LogP contribution in [-0.4, -0.2) is 60.4 Å². The predicted molar refractivity (Wildman–Crippen MR) is 116 cm³/mol. The minimum atomic E-state index is -0.674. The molecular weight excluding hydrogens is 380 g/mol. The number of ether oxygens (including phenoxy) is 1. The van der Waals surface area contributed by atoms with Gasteiger partial charge >= 0.3 is 0 Å².